The Morgan fingerprint density at radius 2 is 2.33 bits per heavy atom. The summed E-state index contributed by atoms with van der Waals surface area (Å²) in [7, 11) is 0. The number of aliphatic carboxylic acids is 1. The maximum absolute atomic E-state index is 10.9. The summed E-state index contributed by atoms with van der Waals surface area (Å²) in [5.74, 6) is -0.225. The topological polar surface area (TPSA) is 75.4 Å². The van der Waals surface area contributed by atoms with Crippen LogP contribution in [0.25, 0.3) is 0 Å². The van der Waals surface area contributed by atoms with E-state index < -0.39 is 11.5 Å². The van der Waals surface area contributed by atoms with Crippen LogP contribution in [0.2, 0.25) is 0 Å². The van der Waals surface area contributed by atoms with E-state index in [1.54, 1.807) is 0 Å². The lowest BCUT2D eigenvalue weighted by Crippen LogP contribution is -2.53. The van der Waals surface area contributed by atoms with E-state index >= 15 is 0 Å². The van der Waals surface area contributed by atoms with Crippen molar-refractivity contribution in [3.63, 3.8) is 0 Å². The van der Waals surface area contributed by atoms with Crippen molar-refractivity contribution in [2.75, 3.05) is 13.1 Å². The van der Waals surface area contributed by atoms with Crippen LogP contribution in [0.1, 0.15) is 12.8 Å². The molecule has 3 unspecified atom stereocenters. The molecule has 68 valence electrons. The zero-order chi connectivity index (χ0) is 8.77. The average molecular weight is 170 g/mol. The number of carbonyl (C=O) groups is 1. The fourth-order valence-corrected chi connectivity index (χ4v) is 2.48. The SMILES string of the molecule is NC1(C(=O)O)CC2CNCC1C2. The lowest BCUT2D eigenvalue weighted by molar-refractivity contribution is -0.144. The number of nitrogens with one attached hydrogen (secondary N) is 1. The van der Waals surface area contributed by atoms with Crippen LogP contribution in [0.3, 0.4) is 0 Å². The van der Waals surface area contributed by atoms with Crippen molar-refractivity contribution < 1.29 is 9.90 Å². The van der Waals surface area contributed by atoms with Crippen molar-refractivity contribution in [1.82, 2.24) is 5.32 Å². The zero-order valence-corrected chi connectivity index (χ0v) is 6.92. The molecule has 4 N–H and O–H groups in total. The predicted octanol–water partition coefficient (Wildman–Crippen LogP) is -0.602. The van der Waals surface area contributed by atoms with Gasteiger partial charge in [0, 0.05) is 12.5 Å². The maximum atomic E-state index is 10.9. The summed E-state index contributed by atoms with van der Waals surface area (Å²) in [6.45, 7) is 1.70. The highest BCUT2D eigenvalue weighted by Crippen LogP contribution is 2.39. The van der Waals surface area contributed by atoms with E-state index in [4.69, 9.17) is 10.8 Å². The van der Waals surface area contributed by atoms with E-state index in [2.05, 4.69) is 5.32 Å². The molecule has 0 spiro atoms. The molecule has 0 radical (unpaired) electrons. The van der Waals surface area contributed by atoms with Crippen LogP contribution < -0.4 is 11.1 Å². The molecule has 3 atom stereocenters. The van der Waals surface area contributed by atoms with Gasteiger partial charge in [-0.05, 0) is 25.3 Å². The number of hydrogen-bond donors (Lipinski definition) is 3. The van der Waals surface area contributed by atoms with Gasteiger partial charge in [0.15, 0.2) is 0 Å². The second-order valence-corrected chi connectivity index (χ2v) is 4.01. The predicted molar refractivity (Wildman–Crippen MR) is 43.6 cm³/mol. The molecule has 1 saturated heterocycles. The summed E-state index contributed by atoms with van der Waals surface area (Å²) in [6, 6.07) is 0. The van der Waals surface area contributed by atoms with Gasteiger partial charge in [-0.1, -0.05) is 0 Å². The summed E-state index contributed by atoms with van der Waals surface area (Å²) < 4.78 is 0. The molecule has 1 saturated carbocycles. The van der Waals surface area contributed by atoms with Gasteiger partial charge < -0.3 is 16.2 Å². The highest BCUT2D eigenvalue weighted by Gasteiger charge is 2.51. The van der Waals surface area contributed by atoms with Crippen LogP contribution in [0, 0.1) is 11.8 Å². The third kappa shape index (κ3) is 0.949. The third-order valence-electron chi connectivity index (χ3n) is 3.19. The summed E-state index contributed by atoms with van der Waals surface area (Å²) >= 11 is 0. The number of nitrogens with two attached hydrogens (primary N) is 1. The summed E-state index contributed by atoms with van der Waals surface area (Å²) in [5.41, 5.74) is 4.90. The normalized spacial score (nSPS) is 46.1. The van der Waals surface area contributed by atoms with Crippen LogP contribution in [-0.4, -0.2) is 29.7 Å². The van der Waals surface area contributed by atoms with Crippen molar-refractivity contribution >= 4 is 5.97 Å². The van der Waals surface area contributed by atoms with Crippen molar-refractivity contribution in [2.24, 2.45) is 17.6 Å². The minimum atomic E-state index is -0.950. The molecule has 12 heavy (non-hydrogen) atoms. The van der Waals surface area contributed by atoms with Crippen molar-refractivity contribution in [1.29, 1.82) is 0 Å². The van der Waals surface area contributed by atoms with E-state index in [9.17, 15) is 4.79 Å². The Hall–Kier alpha value is -0.610. The summed E-state index contributed by atoms with van der Waals surface area (Å²) in [5, 5.41) is 12.2. The molecule has 1 aliphatic heterocycles. The molecule has 0 amide bonds. The fourth-order valence-electron chi connectivity index (χ4n) is 2.48. The molecule has 0 aromatic heterocycles. The molecule has 0 aromatic carbocycles. The van der Waals surface area contributed by atoms with Crippen LogP contribution in [0.4, 0.5) is 0 Å². The van der Waals surface area contributed by atoms with E-state index in [0.29, 0.717) is 12.3 Å². The molecule has 2 bridgehead atoms. The van der Waals surface area contributed by atoms with Crippen LogP contribution in [0.5, 0.6) is 0 Å². The Bertz CT molecular complexity index is 219. The molecule has 4 nitrogen and oxygen atoms in total. The first-order valence-corrected chi connectivity index (χ1v) is 4.36. The standard InChI is InChI=1S/C8H14N2O2/c9-8(7(11)12)2-5-1-6(8)4-10-3-5/h5-6,10H,1-4,9H2,(H,11,12). The third-order valence-corrected chi connectivity index (χ3v) is 3.19. The number of carboxylic acid groups (broad SMARTS) is 1. The van der Waals surface area contributed by atoms with Crippen molar-refractivity contribution in [3.8, 4) is 0 Å². The molecule has 1 heterocycles. The minimum Gasteiger partial charge on any atom is -0.480 e. The molecule has 4 heteroatoms. The summed E-state index contributed by atoms with van der Waals surface area (Å²) in [4.78, 5) is 10.9. The fraction of sp³-hybridized carbons (Fsp3) is 0.875. The van der Waals surface area contributed by atoms with Crippen molar-refractivity contribution in [2.45, 2.75) is 18.4 Å². The first kappa shape index (κ1) is 8.01. The molecule has 1 aliphatic carbocycles. The van der Waals surface area contributed by atoms with Gasteiger partial charge in [-0.25, -0.2) is 0 Å². The molecular weight excluding hydrogens is 156 g/mol. The Balaban J connectivity index is 2.23. The van der Waals surface area contributed by atoms with Gasteiger partial charge >= 0.3 is 5.97 Å². The number of rotatable bonds is 1. The van der Waals surface area contributed by atoms with Crippen LogP contribution >= 0.6 is 0 Å². The van der Waals surface area contributed by atoms with Crippen LogP contribution in [-0.2, 0) is 4.79 Å². The van der Waals surface area contributed by atoms with Gasteiger partial charge in [-0.3, -0.25) is 4.79 Å². The quantitative estimate of drug-likeness (QED) is 0.491. The molecule has 2 rings (SSSR count). The van der Waals surface area contributed by atoms with Gasteiger partial charge in [-0.15, -0.1) is 0 Å². The molecule has 2 fully saturated rings. The van der Waals surface area contributed by atoms with Crippen LogP contribution in [0.15, 0.2) is 0 Å². The summed E-state index contributed by atoms with van der Waals surface area (Å²) in [6.07, 6.45) is 1.62. The molecular formula is C8H14N2O2. The molecule has 0 aromatic rings. The highest BCUT2D eigenvalue weighted by molar-refractivity contribution is 5.79. The Labute approximate surface area is 71.1 Å². The Morgan fingerprint density at radius 1 is 1.58 bits per heavy atom. The maximum Gasteiger partial charge on any atom is 0.324 e. The zero-order valence-electron chi connectivity index (χ0n) is 6.92. The Morgan fingerprint density at radius 3 is 2.92 bits per heavy atom. The minimum absolute atomic E-state index is 0.133. The smallest absolute Gasteiger partial charge is 0.324 e. The average Bonchev–Trinajstić information content (AvgIpc) is 2.25. The lowest BCUT2D eigenvalue weighted by Gasteiger charge is -2.26. The van der Waals surface area contributed by atoms with Crippen molar-refractivity contribution in [3.05, 3.63) is 0 Å². The first-order chi connectivity index (χ1) is 5.63. The number of fused-ring (bicyclic) bond motifs is 2. The van der Waals surface area contributed by atoms with Gasteiger partial charge in [0.1, 0.15) is 5.54 Å². The van der Waals surface area contributed by atoms with E-state index in [0.717, 1.165) is 19.5 Å². The number of piperidine rings is 1. The first-order valence-electron chi connectivity index (χ1n) is 4.36. The molecule has 2 aliphatic rings. The largest absolute Gasteiger partial charge is 0.480 e. The number of carboxylic acids is 1. The second kappa shape index (κ2) is 2.44. The van der Waals surface area contributed by atoms with Gasteiger partial charge in [0.25, 0.3) is 0 Å². The van der Waals surface area contributed by atoms with E-state index in [1.807, 2.05) is 0 Å². The number of hydrogen-bond acceptors (Lipinski definition) is 3. The van der Waals surface area contributed by atoms with Gasteiger partial charge in [0.2, 0.25) is 0 Å². The Kier molecular flexibility index (Phi) is 1.63. The monoisotopic (exact) mass is 170 g/mol. The highest BCUT2D eigenvalue weighted by atomic mass is 16.4. The van der Waals surface area contributed by atoms with E-state index in [1.165, 1.54) is 0 Å². The van der Waals surface area contributed by atoms with Gasteiger partial charge in [0.05, 0.1) is 0 Å². The van der Waals surface area contributed by atoms with E-state index in [-0.39, 0.29) is 5.92 Å². The lowest BCUT2D eigenvalue weighted by atomic mass is 9.88. The second-order valence-electron chi connectivity index (χ2n) is 4.01. The van der Waals surface area contributed by atoms with Gasteiger partial charge in [-0.2, -0.15) is 0 Å².